The first kappa shape index (κ1) is 12.3. The summed E-state index contributed by atoms with van der Waals surface area (Å²) < 4.78 is 25.5. The molecular formula is C8H14O4S. The van der Waals surface area contributed by atoms with E-state index >= 15 is 0 Å². The second-order valence-electron chi connectivity index (χ2n) is 2.37. The van der Waals surface area contributed by atoms with Crippen molar-refractivity contribution in [2.45, 2.75) is 26.4 Å². The topological polar surface area (TPSA) is 52.6 Å². The van der Waals surface area contributed by atoms with E-state index in [2.05, 4.69) is 15.8 Å². The Morgan fingerprint density at radius 2 is 2.15 bits per heavy atom. The Bertz CT molecular complexity index is 266. The summed E-state index contributed by atoms with van der Waals surface area (Å²) in [5.41, 5.74) is 0. The molecule has 76 valence electrons. The normalized spacial score (nSPS) is 14.6. The predicted molar refractivity (Wildman–Crippen MR) is 50.2 cm³/mol. The number of hydrogen-bond acceptors (Lipinski definition) is 4. The van der Waals surface area contributed by atoms with E-state index in [0.717, 1.165) is 6.42 Å². The molecule has 1 atom stereocenters. The average molecular weight is 206 g/mol. The molecule has 13 heavy (non-hydrogen) atoms. The van der Waals surface area contributed by atoms with Gasteiger partial charge < -0.3 is 0 Å². The quantitative estimate of drug-likeness (QED) is 0.377. The highest BCUT2D eigenvalue weighted by molar-refractivity contribution is 7.89. The van der Waals surface area contributed by atoms with Gasteiger partial charge in [-0.1, -0.05) is 25.7 Å². The SMILES string of the molecule is C=CS(=O)(=O)OOC(C)/C=C/CC. The van der Waals surface area contributed by atoms with Crippen molar-refractivity contribution < 1.29 is 17.6 Å². The van der Waals surface area contributed by atoms with Gasteiger partial charge in [-0.05, 0) is 13.3 Å². The lowest BCUT2D eigenvalue weighted by Gasteiger charge is -2.04. The van der Waals surface area contributed by atoms with Crippen molar-refractivity contribution in [2.75, 3.05) is 0 Å². The van der Waals surface area contributed by atoms with Crippen molar-refractivity contribution in [1.29, 1.82) is 0 Å². The van der Waals surface area contributed by atoms with Gasteiger partial charge in [0, 0.05) is 0 Å². The van der Waals surface area contributed by atoms with E-state index in [-0.39, 0.29) is 0 Å². The van der Waals surface area contributed by atoms with E-state index in [1.165, 1.54) is 0 Å². The fourth-order valence-corrected chi connectivity index (χ4v) is 0.793. The molecule has 0 fully saturated rings. The van der Waals surface area contributed by atoms with Crippen LogP contribution in [0.3, 0.4) is 0 Å². The molecule has 1 unspecified atom stereocenters. The van der Waals surface area contributed by atoms with Crippen molar-refractivity contribution in [2.24, 2.45) is 0 Å². The van der Waals surface area contributed by atoms with Crippen LogP contribution in [0.4, 0.5) is 0 Å². The summed E-state index contributed by atoms with van der Waals surface area (Å²) in [5.74, 6) is 0. The lowest BCUT2D eigenvalue weighted by Crippen LogP contribution is -2.09. The molecule has 5 heteroatoms. The van der Waals surface area contributed by atoms with E-state index in [4.69, 9.17) is 0 Å². The Morgan fingerprint density at radius 3 is 2.62 bits per heavy atom. The molecule has 0 aromatic heterocycles. The molecule has 0 bridgehead atoms. The maximum atomic E-state index is 10.7. The molecule has 0 aromatic rings. The van der Waals surface area contributed by atoms with E-state index in [9.17, 15) is 8.42 Å². The molecule has 0 aliphatic rings. The van der Waals surface area contributed by atoms with Crippen LogP contribution in [-0.2, 0) is 19.3 Å². The van der Waals surface area contributed by atoms with Gasteiger partial charge in [-0.2, -0.15) is 8.42 Å². The molecule has 0 aromatic carbocycles. The van der Waals surface area contributed by atoms with Crippen molar-refractivity contribution in [3.63, 3.8) is 0 Å². The van der Waals surface area contributed by atoms with Gasteiger partial charge in [0.05, 0.1) is 5.41 Å². The Hall–Kier alpha value is -0.650. The summed E-state index contributed by atoms with van der Waals surface area (Å²) in [6.07, 6.45) is 4.03. The minimum Gasteiger partial charge on any atom is -0.212 e. The number of hydrogen-bond donors (Lipinski definition) is 0. The summed E-state index contributed by atoms with van der Waals surface area (Å²) in [6.45, 7) is 6.70. The van der Waals surface area contributed by atoms with Crippen LogP contribution in [0.1, 0.15) is 20.3 Å². The first-order valence-electron chi connectivity index (χ1n) is 3.91. The van der Waals surface area contributed by atoms with Gasteiger partial charge >= 0.3 is 10.1 Å². The molecule has 0 amide bonds. The van der Waals surface area contributed by atoms with Crippen molar-refractivity contribution in [3.05, 3.63) is 24.1 Å². The molecule has 4 nitrogen and oxygen atoms in total. The van der Waals surface area contributed by atoms with Crippen LogP contribution in [0.2, 0.25) is 0 Å². The van der Waals surface area contributed by atoms with Gasteiger partial charge in [0.1, 0.15) is 6.10 Å². The molecule has 0 rings (SSSR count). The predicted octanol–water partition coefficient (Wildman–Crippen LogP) is 1.76. The molecule has 0 saturated carbocycles. The highest BCUT2D eigenvalue weighted by atomic mass is 32.2. The molecular weight excluding hydrogens is 192 g/mol. The standard InChI is InChI=1S/C8H14O4S/c1-4-6-7-8(3)11-12-13(9,10)5-2/h5-8H,2,4H2,1,3H3/b7-6+. The maximum Gasteiger partial charge on any atom is 0.315 e. The Kier molecular flexibility index (Phi) is 5.61. The third-order valence-corrected chi connectivity index (χ3v) is 1.81. The van der Waals surface area contributed by atoms with E-state index < -0.39 is 16.2 Å². The van der Waals surface area contributed by atoms with Crippen LogP contribution in [0, 0.1) is 0 Å². The monoisotopic (exact) mass is 206 g/mol. The minimum atomic E-state index is -3.73. The summed E-state index contributed by atoms with van der Waals surface area (Å²) >= 11 is 0. The molecule has 0 saturated heterocycles. The van der Waals surface area contributed by atoms with Crippen LogP contribution in [-0.4, -0.2) is 14.5 Å². The van der Waals surface area contributed by atoms with Crippen LogP contribution in [0.15, 0.2) is 24.1 Å². The van der Waals surface area contributed by atoms with Gasteiger partial charge in [-0.25, -0.2) is 4.89 Å². The van der Waals surface area contributed by atoms with Gasteiger partial charge in [-0.3, -0.25) is 0 Å². The third kappa shape index (κ3) is 6.51. The zero-order valence-corrected chi connectivity index (χ0v) is 8.58. The molecule has 0 heterocycles. The van der Waals surface area contributed by atoms with Gasteiger partial charge in [0.2, 0.25) is 0 Å². The van der Waals surface area contributed by atoms with Gasteiger partial charge in [0.15, 0.2) is 0 Å². The molecule has 0 spiro atoms. The van der Waals surface area contributed by atoms with Gasteiger partial charge in [-0.15, -0.1) is 4.33 Å². The summed E-state index contributed by atoms with van der Waals surface area (Å²) in [5, 5.41) is 0.684. The summed E-state index contributed by atoms with van der Waals surface area (Å²) in [6, 6.07) is 0. The smallest absolute Gasteiger partial charge is 0.212 e. The first-order valence-corrected chi connectivity index (χ1v) is 5.38. The number of rotatable bonds is 6. The van der Waals surface area contributed by atoms with Crippen molar-refractivity contribution >= 4 is 10.1 Å². The van der Waals surface area contributed by atoms with Crippen LogP contribution in [0.5, 0.6) is 0 Å². The lowest BCUT2D eigenvalue weighted by molar-refractivity contribution is -0.220. The average Bonchev–Trinajstić information content (AvgIpc) is 2.11. The zero-order chi connectivity index (χ0) is 10.3. The minimum absolute atomic E-state index is 0.394. The van der Waals surface area contributed by atoms with E-state index in [1.807, 2.05) is 13.0 Å². The van der Waals surface area contributed by atoms with Gasteiger partial charge in [0.25, 0.3) is 0 Å². The molecule has 0 aliphatic carbocycles. The second kappa shape index (κ2) is 5.90. The van der Waals surface area contributed by atoms with Crippen LogP contribution >= 0.6 is 0 Å². The summed E-state index contributed by atoms with van der Waals surface area (Å²) in [7, 11) is -3.73. The second-order valence-corrected chi connectivity index (χ2v) is 3.82. The molecule has 0 radical (unpaired) electrons. The van der Waals surface area contributed by atoms with E-state index in [1.54, 1.807) is 13.0 Å². The zero-order valence-electron chi connectivity index (χ0n) is 7.76. The Morgan fingerprint density at radius 1 is 1.54 bits per heavy atom. The summed E-state index contributed by atoms with van der Waals surface area (Å²) in [4.78, 5) is 4.55. The largest absolute Gasteiger partial charge is 0.315 e. The van der Waals surface area contributed by atoms with Crippen LogP contribution < -0.4 is 0 Å². The number of allylic oxidation sites excluding steroid dienone is 1. The highest BCUT2D eigenvalue weighted by Gasteiger charge is 2.07. The van der Waals surface area contributed by atoms with Crippen molar-refractivity contribution in [3.8, 4) is 0 Å². The van der Waals surface area contributed by atoms with E-state index in [0.29, 0.717) is 5.41 Å². The fourth-order valence-electron chi connectivity index (χ4n) is 0.504. The first-order chi connectivity index (χ1) is 6.02. The Balaban J connectivity index is 3.90. The Labute approximate surface area is 78.9 Å². The molecule has 0 aliphatic heterocycles. The third-order valence-electron chi connectivity index (χ3n) is 1.13. The maximum absolute atomic E-state index is 10.7. The van der Waals surface area contributed by atoms with Crippen LogP contribution in [0.25, 0.3) is 0 Å². The fraction of sp³-hybridized carbons (Fsp3) is 0.500. The highest BCUT2D eigenvalue weighted by Crippen LogP contribution is 2.01. The lowest BCUT2D eigenvalue weighted by atomic mass is 10.3. The van der Waals surface area contributed by atoms with Crippen molar-refractivity contribution in [1.82, 2.24) is 0 Å². The molecule has 0 N–H and O–H groups in total.